The number of nitrogens with zero attached hydrogens (tertiary/aromatic N) is 2. The van der Waals surface area contributed by atoms with Crippen molar-refractivity contribution >= 4 is 11.8 Å². The first-order valence-electron chi connectivity index (χ1n) is 5.57. The van der Waals surface area contributed by atoms with Crippen molar-refractivity contribution in [2.75, 3.05) is 13.1 Å². The van der Waals surface area contributed by atoms with Gasteiger partial charge in [-0.25, -0.2) is 4.98 Å². The van der Waals surface area contributed by atoms with Crippen LogP contribution in [0, 0.1) is 6.92 Å². The van der Waals surface area contributed by atoms with Crippen molar-refractivity contribution in [3.05, 3.63) is 11.6 Å². The minimum atomic E-state index is -0.377. The van der Waals surface area contributed by atoms with E-state index in [0.717, 1.165) is 6.42 Å². The van der Waals surface area contributed by atoms with Gasteiger partial charge in [0.25, 0.3) is 5.91 Å². The number of H-pyrrole nitrogens is 1. The Morgan fingerprint density at radius 2 is 2.06 bits per heavy atom. The van der Waals surface area contributed by atoms with Crippen molar-refractivity contribution < 1.29 is 9.59 Å². The Kier molecular flexibility index (Phi) is 5.12. The van der Waals surface area contributed by atoms with Gasteiger partial charge in [0.1, 0.15) is 5.82 Å². The molecule has 0 spiro atoms. The second kappa shape index (κ2) is 6.62. The second-order valence-electron chi connectivity index (χ2n) is 3.60. The van der Waals surface area contributed by atoms with Gasteiger partial charge in [-0.1, -0.05) is 6.92 Å². The van der Waals surface area contributed by atoms with Crippen LogP contribution in [-0.4, -0.2) is 40.1 Å². The molecule has 1 heterocycles. The van der Waals surface area contributed by atoms with Gasteiger partial charge in [-0.15, -0.1) is 5.10 Å². The van der Waals surface area contributed by atoms with Crippen LogP contribution in [0.2, 0.25) is 0 Å². The molecule has 0 atom stereocenters. The highest BCUT2D eigenvalue weighted by Gasteiger charge is 2.10. The molecule has 2 amide bonds. The lowest BCUT2D eigenvalue weighted by molar-refractivity contribution is -0.120. The summed E-state index contributed by atoms with van der Waals surface area (Å²) in [7, 11) is 0. The number of hydrogen-bond acceptors (Lipinski definition) is 4. The molecule has 17 heavy (non-hydrogen) atoms. The molecule has 0 saturated carbocycles. The minimum absolute atomic E-state index is 0.0710. The number of aromatic amines is 1. The average Bonchev–Trinajstić information content (AvgIpc) is 2.73. The Labute approximate surface area is 99.4 Å². The summed E-state index contributed by atoms with van der Waals surface area (Å²) in [4.78, 5) is 26.6. The number of carbonyl (C=O) groups is 2. The molecule has 94 valence electrons. The molecule has 0 aliphatic carbocycles. The van der Waals surface area contributed by atoms with Crippen molar-refractivity contribution in [1.82, 2.24) is 25.8 Å². The fraction of sp³-hybridized carbons (Fsp3) is 0.600. The summed E-state index contributed by atoms with van der Waals surface area (Å²) in [5.41, 5.74) is 0. The van der Waals surface area contributed by atoms with Gasteiger partial charge < -0.3 is 10.6 Å². The Hall–Kier alpha value is -1.92. The molecule has 1 aromatic heterocycles. The molecule has 1 rings (SSSR count). The highest BCUT2D eigenvalue weighted by Crippen LogP contribution is 1.90. The summed E-state index contributed by atoms with van der Waals surface area (Å²) in [6.07, 6.45) is 1.16. The van der Waals surface area contributed by atoms with E-state index >= 15 is 0 Å². The molecule has 0 aliphatic rings. The van der Waals surface area contributed by atoms with E-state index in [4.69, 9.17) is 0 Å². The first-order valence-corrected chi connectivity index (χ1v) is 5.57. The molecule has 7 nitrogen and oxygen atoms in total. The lowest BCUT2D eigenvalue weighted by Crippen LogP contribution is -2.31. The zero-order chi connectivity index (χ0) is 12.7. The number of nitrogens with one attached hydrogen (secondary N) is 3. The zero-order valence-corrected chi connectivity index (χ0v) is 10.0. The van der Waals surface area contributed by atoms with Crippen molar-refractivity contribution in [1.29, 1.82) is 0 Å². The first-order chi connectivity index (χ1) is 8.13. The van der Waals surface area contributed by atoms with E-state index in [0.29, 0.717) is 12.4 Å². The van der Waals surface area contributed by atoms with Crippen LogP contribution in [-0.2, 0) is 4.79 Å². The zero-order valence-electron chi connectivity index (χ0n) is 10.0. The first kappa shape index (κ1) is 13.1. The second-order valence-corrected chi connectivity index (χ2v) is 3.60. The Morgan fingerprint density at radius 1 is 1.29 bits per heavy atom. The van der Waals surface area contributed by atoms with Crippen LogP contribution in [0.25, 0.3) is 0 Å². The standard InChI is InChI=1S/C10H17N5O2/c1-3-5-11-8(16)4-6-12-10(17)9-13-7(2)14-15-9/h3-6H2,1-2H3,(H,11,16)(H,12,17)(H,13,14,15). The summed E-state index contributed by atoms with van der Waals surface area (Å²) in [5.74, 6) is 0.225. The summed E-state index contributed by atoms with van der Waals surface area (Å²) in [6.45, 7) is 4.63. The molecular weight excluding hydrogens is 222 g/mol. The van der Waals surface area contributed by atoms with Gasteiger partial charge in [0, 0.05) is 19.5 Å². The van der Waals surface area contributed by atoms with E-state index in [1.807, 2.05) is 6.92 Å². The fourth-order valence-electron chi connectivity index (χ4n) is 1.17. The topological polar surface area (TPSA) is 99.8 Å². The van der Waals surface area contributed by atoms with Crippen molar-refractivity contribution in [2.24, 2.45) is 0 Å². The number of aromatic nitrogens is 3. The van der Waals surface area contributed by atoms with Crippen LogP contribution < -0.4 is 10.6 Å². The maximum atomic E-state index is 11.5. The van der Waals surface area contributed by atoms with Crippen LogP contribution >= 0.6 is 0 Å². The highest BCUT2D eigenvalue weighted by molar-refractivity contribution is 5.90. The molecule has 0 fully saturated rings. The Balaban J connectivity index is 2.23. The summed E-state index contributed by atoms with van der Waals surface area (Å²) < 4.78 is 0. The highest BCUT2D eigenvalue weighted by atomic mass is 16.2. The number of aryl methyl sites for hydroxylation is 1. The van der Waals surface area contributed by atoms with E-state index < -0.39 is 0 Å². The lowest BCUT2D eigenvalue weighted by atomic mass is 10.3. The maximum Gasteiger partial charge on any atom is 0.290 e. The summed E-state index contributed by atoms with van der Waals surface area (Å²) in [5, 5.41) is 11.6. The average molecular weight is 239 g/mol. The van der Waals surface area contributed by atoms with Gasteiger partial charge >= 0.3 is 0 Å². The third-order valence-corrected chi connectivity index (χ3v) is 2.01. The van der Waals surface area contributed by atoms with Crippen LogP contribution in [0.4, 0.5) is 0 Å². The predicted octanol–water partition coefficient (Wildman–Crippen LogP) is -0.241. The van der Waals surface area contributed by atoms with E-state index in [1.165, 1.54) is 0 Å². The molecule has 0 unspecified atom stereocenters. The third-order valence-electron chi connectivity index (χ3n) is 2.01. The summed E-state index contributed by atoms with van der Waals surface area (Å²) >= 11 is 0. The summed E-state index contributed by atoms with van der Waals surface area (Å²) in [6, 6.07) is 0. The predicted molar refractivity (Wildman–Crippen MR) is 61.4 cm³/mol. The molecule has 0 aromatic carbocycles. The molecule has 7 heteroatoms. The molecule has 0 radical (unpaired) electrons. The van der Waals surface area contributed by atoms with Gasteiger partial charge in [-0.2, -0.15) is 0 Å². The van der Waals surface area contributed by atoms with Crippen LogP contribution in [0.3, 0.4) is 0 Å². The molecular formula is C10H17N5O2. The molecule has 0 bridgehead atoms. The van der Waals surface area contributed by atoms with Gasteiger partial charge in [0.15, 0.2) is 0 Å². The van der Waals surface area contributed by atoms with E-state index in [1.54, 1.807) is 6.92 Å². The van der Waals surface area contributed by atoms with Crippen LogP contribution in [0.5, 0.6) is 0 Å². The molecule has 1 aromatic rings. The van der Waals surface area contributed by atoms with E-state index in [2.05, 4.69) is 25.8 Å². The number of amides is 2. The lowest BCUT2D eigenvalue weighted by Gasteiger charge is -2.03. The molecule has 3 N–H and O–H groups in total. The monoisotopic (exact) mass is 239 g/mol. The van der Waals surface area contributed by atoms with Crippen LogP contribution in [0.15, 0.2) is 0 Å². The van der Waals surface area contributed by atoms with Crippen molar-refractivity contribution in [3.8, 4) is 0 Å². The largest absolute Gasteiger partial charge is 0.356 e. The Bertz CT molecular complexity index is 388. The number of rotatable bonds is 6. The van der Waals surface area contributed by atoms with E-state index in [9.17, 15) is 9.59 Å². The van der Waals surface area contributed by atoms with Gasteiger partial charge in [0.05, 0.1) is 0 Å². The van der Waals surface area contributed by atoms with Crippen molar-refractivity contribution in [3.63, 3.8) is 0 Å². The normalized spacial score (nSPS) is 10.0. The Morgan fingerprint density at radius 3 is 2.65 bits per heavy atom. The molecule has 0 aliphatic heterocycles. The van der Waals surface area contributed by atoms with Gasteiger partial charge in [0.2, 0.25) is 11.7 Å². The molecule has 0 saturated heterocycles. The van der Waals surface area contributed by atoms with Gasteiger partial charge in [-0.05, 0) is 13.3 Å². The van der Waals surface area contributed by atoms with E-state index in [-0.39, 0.29) is 30.6 Å². The number of carbonyl (C=O) groups excluding carboxylic acids is 2. The fourth-order valence-corrected chi connectivity index (χ4v) is 1.17. The van der Waals surface area contributed by atoms with Crippen LogP contribution in [0.1, 0.15) is 36.2 Å². The SMILES string of the molecule is CCCNC(=O)CCNC(=O)c1n[nH]c(C)n1. The quantitative estimate of drug-likeness (QED) is 0.637. The maximum absolute atomic E-state index is 11.5. The van der Waals surface area contributed by atoms with Gasteiger partial charge in [-0.3, -0.25) is 14.7 Å². The smallest absolute Gasteiger partial charge is 0.290 e. The third kappa shape index (κ3) is 4.62. The van der Waals surface area contributed by atoms with Crippen molar-refractivity contribution in [2.45, 2.75) is 26.7 Å². The number of hydrogen-bond donors (Lipinski definition) is 3. The minimum Gasteiger partial charge on any atom is -0.356 e.